The number of nitrogens with one attached hydrogen (secondary N) is 1. The molecule has 0 aromatic heterocycles. The quantitative estimate of drug-likeness (QED) is 0.582. The van der Waals surface area contributed by atoms with E-state index in [-0.39, 0.29) is 0 Å². The molecule has 0 bridgehead atoms. The molecule has 0 atom stereocenters. The third-order valence-corrected chi connectivity index (χ3v) is 3.72. The Bertz CT molecular complexity index is 325. The second-order valence-electron chi connectivity index (χ2n) is 4.11. The van der Waals surface area contributed by atoms with Gasteiger partial charge in [0, 0.05) is 10.9 Å². The summed E-state index contributed by atoms with van der Waals surface area (Å²) in [6, 6.07) is 9.10. The minimum atomic E-state index is 0.835. The van der Waals surface area contributed by atoms with E-state index >= 15 is 0 Å². The summed E-state index contributed by atoms with van der Waals surface area (Å²) in [6.07, 6.45) is 3.99. The zero-order chi connectivity index (χ0) is 11.2. The van der Waals surface area contributed by atoms with Crippen LogP contribution in [0.3, 0.4) is 0 Å². The molecule has 0 heterocycles. The Morgan fingerprint density at radius 1 is 1.44 bits per heavy atom. The first kappa shape index (κ1) is 11.8. The summed E-state index contributed by atoms with van der Waals surface area (Å²) < 4.78 is 5.20. The summed E-state index contributed by atoms with van der Waals surface area (Å²) in [4.78, 5) is 1.30. The Morgan fingerprint density at radius 2 is 2.31 bits per heavy atom. The lowest BCUT2D eigenvalue weighted by Crippen LogP contribution is -2.17. The first-order valence-electron chi connectivity index (χ1n) is 5.89. The van der Waals surface area contributed by atoms with Gasteiger partial charge >= 0.3 is 0 Å². The molecule has 1 aliphatic carbocycles. The van der Waals surface area contributed by atoms with Crippen molar-refractivity contribution < 1.29 is 4.74 Å². The first-order valence-corrected chi connectivity index (χ1v) is 6.87. The number of methoxy groups -OCH3 is 1. The molecule has 3 heteroatoms. The van der Waals surface area contributed by atoms with Crippen LogP contribution < -0.4 is 10.1 Å². The van der Waals surface area contributed by atoms with Crippen molar-refractivity contribution in [1.29, 1.82) is 0 Å². The predicted octanol–water partition coefficient (Wildman–Crippen LogP) is 2.93. The number of ether oxygens (including phenoxy) is 1. The monoisotopic (exact) mass is 237 g/mol. The van der Waals surface area contributed by atoms with E-state index < -0.39 is 0 Å². The fourth-order valence-electron chi connectivity index (χ4n) is 1.55. The van der Waals surface area contributed by atoms with Gasteiger partial charge in [0.05, 0.1) is 7.11 Å². The van der Waals surface area contributed by atoms with Crippen molar-refractivity contribution in [3.63, 3.8) is 0 Å². The zero-order valence-electron chi connectivity index (χ0n) is 9.74. The van der Waals surface area contributed by atoms with E-state index in [0.717, 1.165) is 18.3 Å². The van der Waals surface area contributed by atoms with E-state index in [0.29, 0.717) is 0 Å². The second-order valence-corrected chi connectivity index (χ2v) is 5.28. The summed E-state index contributed by atoms with van der Waals surface area (Å²) in [6.45, 7) is 1.15. The minimum Gasteiger partial charge on any atom is -0.497 e. The highest BCUT2D eigenvalue weighted by atomic mass is 32.2. The van der Waals surface area contributed by atoms with E-state index in [4.69, 9.17) is 4.74 Å². The van der Waals surface area contributed by atoms with E-state index in [1.807, 2.05) is 23.9 Å². The average molecular weight is 237 g/mol. The molecule has 1 N–H and O–H groups in total. The van der Waals surface area contributed by atoms with Crippen molar-refractivity contribution in [1.82, 2.24) is 5.32 Å². The maximum Gasteiger partial charge on any atom is 0.119 e. The smallest absolute Gasteiger partial charge is 0.119 e. The largest absolute Gasteiger partial charge is 0.497 e. The zero-order valence-corrected chi connectivity index (χ0v) is 10.6. The average Bonchev–Trinajstić information content (AvgIpc) is 3.13. The van der Waals surface area contributed by atoms with Crippen molar-refractivity contribution in [2.75, 3.05) is 19.4 Å². The predicted molar refractivity (Wildman–Crippen MR) is 69.4 cm³/mol. The molecule has 0 spiro atoms. The Labute approximate surface area is 102 Å². The molecule has 1 saturated carbocycles. The molecule has 16 heavy (non-hydrogen) atoms. The number of rotatable bonds is 7. The van der Waals surface area contributed by atoms with Crippen LogP contribution in [0.2, 0.25) is 0 Å². The van der Waals surface area contributed by atoms with Crippen LogP contribution in [0.4, 0.5) is 0 Å². The fourth-order valence-corrected chi connectivity index (χ4v) is 2.45. The van der Waals surface area contributed by atoms with Crippen molar-refractivity contribution in [2.45, 2.75) is 30.2 Å². The van der Waals surface area contributed by atoms with E-state index in [9.17, 15) is 0 Å². The van der Waals surface area contributed by atoms with E-state index in [1.165, 1.54) is 29.9 Å². The summed E-state index contributed by atoms with van der Waals surface area (Å²) in [7, 11) is 1.71. The van der Waals surface area contributed by atoms with Crippen LogP contribution in [0.25, 0.3) is 0 Å². The molecular formula is C13H19NOS. The van der Waals surface area contributed by atoms with Crippen LogP contribution in [0, 0.1) is 0 Å². The van der Waals surface area contributed by atoms with Crippen molar-refractivity contribution >= 4 is 11.8 Å². The summed E-state index contributed by atoms with van der Waals surface area (Å²) >= 11 is 1.90. The molecule has 1 aromatic carbocycles. The van der Waals surface area contributed by atoms with Crippen LogP contribution >= 0.6 is 11.8 Å². The molecule has 0 saturated heterocycles. The Kier molecular flexibility index (Phi) is 4.55. The van der Waals surface area contributed by atoms with Crippen LogP contribution in [0.5, 0.6) is 5.75 Å². The van der Waals surface area contributed by atoms with Crippen molar-refractivity contribution in [2.24, 2.45) is 0 Å². The third kappa shape index (κ3) is 4.06. The van der Waals surface area contributed by atoms with Gasteiger partial charge in [-0.05, 0) is 49.8 Å². The van der Waals surface area contributed by atoms with E-state index in [1.54, 1.807) is 7.11 Å². The van der Waals surface area contributed by atoms with E-state index in [2.05, 4.69) is 17.4 Å². The van der Waals surface area contributed by atoms with Gasteiger partial charge in [-0.1, -0.05) is 6.07 Å². The molecule has 1 fully saturated rings. The molecule has 0 unspecified atom stereocenters. The van der Waals surface area contributed by atoms with Gasteiger partial charge < -0.3 is 10.1 Å². The van der Waals surface area contributed by atoms with Gasteiger partial charge in [0.15, 0.2) is 0 Å². The maximum atomic E-state index is 5.20. The molecule has 0 aliphatic heterocycles. The first-order chi connectivity index (χ1) is 7.88. The highest BCUT2D eigenvalue weighted by molar-refractivity contribution is 7.99. The minimum absolute atomic E-state index is 0.835. The van der Waals surface area contributed by atoms with Crippen LogP contribution in [-0.4, -0.2) is 25.4 Å². The normalized spacial score (nSPS) is 15.1. The van der Waals surface area contributed by atoms with Gasteiger partial charge in [-0.2, -0.15) is 0 Å². The Balaban J connectivity index is 1.63. The van der Waals surface area contributed by atoms with Crippen molar-refractivity contribution in [3.8, 4) is 5.75 Å². The van der Waals surface area contributed by atoms with Crippen LogP contribution in [0.15, 0.2) is 29.2 Å². The van der Waals surface area contributed by atoms with Gasteiger partial charge in [-0.25, -0.2) is 0 Å². The number of hydrogen-bond donors (Lipinski definition) is 1. The topological polar surface area (TPSA) is 21.3 Å². The third-order valence-electron chi connectivity index (χ3n) is 2.64. The second kappa shape index (κ2) is 6.16. The standard InChI is InChI=1S/C13H19NOS/c1-15-12-4-2-5-13(10-12)16-9-3-8-14-11-6-7-11/h2,4-5,10-11,14H,3,6-9H2,1H3. The Morgan fingerprint density at radius 3 is 3.06 bits per heavy atom. The van der Waals surface area contributed by atoms with Gasteiger partial charge in [-0.3, -0.25) is 0 Å². The van der Waals surface area contributed by atoms with Gasteiger partial charge in [0.25, 0.3) is 0 Å². The SMILES string of the molecule is COc1cccc(SCCCNC2CC2)c1. The molecule has 1 aliphatic rings. The number of thioether (sulfide) groups is 1. The van der Waals surface area contributed by atoms with Gasteiger partial charge in [0.1, 0.15) is 5.75 Å². The lowest BCUT2D eigenvalue weighted by Gasteiger charge is -2.05. The molecule has 0 radical (unpaired) electrons. The fraction of sp³-hybridized carbons (Fsp3) is 0.538. The van der Waals surface area contributed by atoms with Crippen molar-refractivity contribution in [3.05, 3.63) is 24.3 Å². The van der Waals surface area contributed by atoms with Gasteiger partial charge in [0.2, 0.25) is 0 Å². The maximum absolute atomic E-state index is 5.20. The molecular weight excluding hydrogens is 218 g/mol. The highest BCUT2D eigenvalue weighted by Gasteiger charge is 2.19. The Hall–Kier alpha value is -0.670. The molecule has 0 amide bonds. The van der Waals surface area contributed by atoms with Crippen LogP contribution in [-0.2, 0) is 0 Å². The number of hydrogen-bond acceptors (Lipinski definition) is 3. The molecule has 2 nitrogen and oxygen atoms in total. The van der Waals surface area contributed by atoms with Gasteiger partial charge in [-0.15, -0.1) is 11.8 Å². The lowest BCUT2D eigenvalue weighted by molar-refractivity contribution is 0.413. The molecule has 88 valence electrons. The lowest BCUT2D eigenvalue weighted by atomic mass is 10.3. The summed E-state index contributed by atoms with van der Waals surface area (Å²) in [5.41, 5.74) is 0. The number of benzene rings is 1. The summed E-state index contributed by atoms with van der Waals surface area (Å²) in [5.74, 6) is 2.12. The van der Waals surface area contributed by atoms with Crippen LogP contribution in [0.1, 0.15) is 19.3 Å². The molecule has 2 rings (SSSR count). The summed E-state index contributed by atoms with van der Waals surface area (Å²) in [5, 5.41) is 3.53. The highest BCUT2D eigenvalue weighted by Crippen LogP contribution is 2.23. The molecule has 1 aromatic rings.